The molecule has 0 aromatic heterocycles. The van der Waals surface area contributed by atoms with Crippen molar-refractivity contribution in [1.29, 1.82) is 0 Å². The van der Waals surface area contributed by atoms with E-state index < -0.39 is 24.1 Å². The summed E-state index contributed by atoms with van der Waals surface area (Å²) in [5.74, 6) is -3.54. The lowest BCUT2D eigenvalue weighted by atomic mass is 10.2. The van der Waals surface area contributed by atoms with E-state index in [4.69, 9.17) is 20.4 Å². The van der Waals surface area contributed by atoms with Crippen molar-refractivity contribution in [3.63, 3.8) is 0 Å². The Morgan fingerprint density at radius 2 is 1.00 bits per heavy atom. The third kappa shape index (κ3) is 8.62. The number of carboxylic acids is 2. The second kappa shape index (κ2) is 11.5. The molecule has 0 amide bonds. The van der Waals surface area contributed by atoms with Crippen LogP contribution in [0, 0.1) is 0 Å². The maximum Gasteiger partial charge on any atom is 0.335 e. The van der Waals surface area contributed by atoms with Gasteiger partial charge in [-0.05, 0) is 0 Å². The summed E-state index contributed by atoms with van der Waals surface area (Å²) in [6.07, 6.45) is -4.53. The Morgan fingerprint density at radius 1 is 0.857 bits per heavy atom. The molecule has 0 aliphatic rings. The fourth-order valence-corrected chi connectivity index (χ4v) is 0.270. The largest absolute Gasteiger partial charge is 0.479 e. The van der Waals surface area contributed by atoms with Gasteiger partial charge in [0.25, 0.3) is 0 Å². The smallest absolute Gasteiger partial charge is 0.335 e. The number of carboxylic acid groups (broad SMARTS) is 2. The average molecular weight is 212 g/mol. The zero-order chi connectivity index (χ0) is 10.3. The molecule has 0 saturated heterocycles. The van der Waals surface area contributed by atoms with E-state index in [2.05, 4.69) is 13.2 Å². The van der Waals surface area contributed by atoms with Crippen LogP contribution in [0.3, 0.4) is 0 Å². The quantitative estimate of drug-likeness (QED) is 0.321. The fourth-order valence-electron chi connectivity index (χ4n) is 0.270. The van der Waals surface area contributed by atoms with E-state index in [0.717, 1.165) is 0 Å². The number of carbonyl (C=O) groups is 2. The molecule has 0 fully saturated rings. The predicted octanol–water partition coefficient (Wildman–Crippen LogP) is -0.996. The third-order valence-electron chi connectivity index (χ3n) is 0.805. The summed E-state index contributed by atoms with van der Waals surface area (Å²) in [6, 6.07) is 0. The van der Waals surface area contributed by atoms with Crippen LogP contribution in [0.15, 0.2) is 13.2 Å². The summed E-state index contributed by atoms with van der Waals surface area (Å²) >= 11 is 0. The highest BCUT2D eigenvalue weighted by Crippen LogP contribution is 1.92. The van der Waals surface area contributed by atoms with E-state index in [9.17, 15) is 9.59 Å². The SMILES string of the molecule is C=C.N.N.O=C(O)C(O)C(O)C(=O)O. The van der Waals surface area contributed by atoms with Gasteiger partial charge in [-0.3, -0.25) is 0 Å². The van der Waals surface area contributed by atoms with E-state index in [1.807, 2.05) is 0 Å². The molecule has 8 heteroatoms. The van der Waals surface area contributed by atoms with Crippen LogP contribution in [0.4, 0.5) is 0 Å². The van der Waals surface area contributed by atoms with Gasteiger partial charge >= 0.3 is 11.9 Å². The van der Waals surface area contributed by atoms with Crippen LogP contribution in [0.5, 0.6) is 0 Å². The molecule has 86 valence electrons. The first kappa shape index (κ1) is 22.9. The lowest BCUT2D eigenvalue weighted by Crippen LogP contribution is -2.39. The monoisotopic (exact) mass is 212 g/mol. The first-order chi connectivity index (χ1) is 5.46. The van der Waals surface area contributed by atoms with Crippen LogP contribution in [0.1, 0.15) is 0 Å². The standard InChI is InChI=1S/C4H6O6.C2H4.2H3N/c5-1(3(7)8)2(6)4(9)10;1-2;;/h1-2,5-6H,(H,7,8)(H,9,10);1-2H2;2*1H3. The van der Waals surface area contributed by atoms with Crippen molar-refractivity contribution in [2.45, 2.75) is 12.2 Å². The molecule has 0 radical (unpaired) electrons. The molecule has 0 rings (SSSR count). The molecule has 0 aliphatic heterocycles. The van der Waals surface area contributed by atoms with Crippen LogP contribution < -0.4 is 12.3 Å². The van der Waals surface area contributed by atoms with Gasteiger partial charge in [0, 0.05) is 0 Å². The summed E-state index contributed by atoms with van der Waals surface area (Å²) in [7, 11) is 0. The number of hydrogen-bond donors (Lipinski definition) is 6. The maximum atomic E-state index is 9.77. The molecule has 14 heavy (non-hydrogen) atoms. The highest BCUT2D eigenvalue weighted by atomic mass is 16.4. The Bertz CT molecular complexity index is 156. The minimum atomic E-state index is -2.27. The van der Waals surface area contributed by atoms with Crippen LogP contribution in [-0.4, -0.2) is 44.6 Å². The number of hydrogen-bond acceptors (Lipinski definition) is 6. The summed E-state index contributed by atoms with van der Waals surface area (Å²) < 4.78 is 0. The Hall–Kier alpha value is -1.48. The van der Waals surface area contributed by atoms with Gasteiger partial charge < -0.3 is 32.7 Å². The molecule has 2 atom stereocenters. The first-order valence-corrected chi connectivity index (χ1v) is 2.78. The van der Waals surface area contributed by atoms with Gasteiger partial charge in [0.05, 0.1) is 0 Å². The van der Waals surface area contributed by atoms with Gasteiger partial charge in [-0.1, -0.05) is 0 Å². The first-order valence-electron chi connectivity index (χ1n) is 2.78. The molecular weight excluding hydrogens is 196 g/mol. The van der Waals surface area contributed by atoms with Crippen molar-refractivity contribution in [1.82, 2.24) is 12.3 Å². The van der Waals surface area contributed by atoms with Gasteiger partial charge in [-0.15, -0.1) is 13.2 Å². The summed E-state index contributed by atoms with van der Waals surface area (Å²) in [5.41, 5.74) is 0. The lowest BCUT2D eigenvalue weighted by Gasteiger charge is -2.07. The number of aliphatic hydroxyl groups is 2. The Balaban J connectivity index is -0.000000117. The molecule has 0 bridgehead atoms. The Labute approximate surface area is 80.7 Å². The molecule has 0 aliphatic carbocycles. The molecule has 10 N–H and O–H groups in total. The maximum absolute atomic E-state index is 9.77. The van der Waals surface area contributed by atoms with Gasteiger partial charge in [-0.25, -0.2) is 9.59 Å². The summed E-state index contributed by atoms with van der Waals surface area (Å²) in [4.78, 5) is 19.5. The minimum Gasteiger partial charge on any atom is -0.479 e. The molecule has 2 unspecified atom stereocenters. The van der Waals surface area contributed by atoms with Crippen LogP contribution in [0.25, 0.3) is 0 Å². The van der Waals surface area contributed by atoms with Crippen molar-refractivity contribution < 1.29 is 30.0 Å². The fraction of sp³-hybridized carbons (Fsp3) is 0.333. The lowest BCUT2D eigenvalue weighted by molar-refractivity contribution is -0.165. The predicted molar refractivity (Wildman–Crippen MR) is 48.6 cm³/mol. The summed E-state index contributed by atoms with van der Waals surface area (Å²) in [5, 5.41) is 32.5. The molecule has 0 aromatic carbocycles. The van der Waals surface area contributed by atoms with E-state index in [1.54, 1.807) is 0 Å². The highest BCUT2D eigenvalue weighted by molar-refractivity contribution is 5.82. The third-order valence-corrected chi connectivity index (χ3v) is 0.805. The average Bonchev–Trinajstić information content (AvgIpc) is 2.05. The molecule has 0 aromatic rings. The van der Waals surface area contributed by atoms with Gasteiger partial charge in [-0.2, -0.15) is 0 Å². The molecular formula is C6H16N2O6. The number of rotatable bonds is 3. The molecule has 8 nitrogen and oxygen atoms in total. The Kier molecular flexibility index (Phi) is 18.8. The highest BCUT2D eigenvalue weighted by Gasteiger charge is 2.29. The van der Waals surface area contributed by atoms with Crippen molar-refractivity contribution >= 4 is 11.9 Å². The van der Waals surface area contributed by atoms with Gasteiger partial charge in [0.1, 0.15) is 0 Å². The van der Waals surface area contributed by atoms with Gasteiger partial charge in [0.15, 0.2) is 12.2 Å². The molecule has 0 spiro atoms. The second-order valence-electron chi connectivity index (χ2n) is 1.57. The topological polar surface area (TPSA) is 185 Å². The minimum absolute atomic E-state index is 0. The number of aliphatic hydroxyl groups excluding tert-OH is 2. The number of aliphatic carboxylic acids is 2. The van der Waals surface area contributed by atoms with Crippen molar-refractivity contribution in [2.75, 3.05) is 0 Å². The summed E-state index contributed by atoms with van der Waals surface area (Å²) in [6.45, 7) is 6.00. The second-order valence-corrected chi connectivity index (χ2v) is 1.57. The Morgan fingerprint density at radius 3 is 1.07 bits per heavy atom. The van der Waals surface area contributed by atoms with E-state index in [0.29, 0.717) is 0 Å². The van der Waals surface area contributed by atoms with Crippen LogP contribution in [0.2, 0.25) is 0 Å². The zero-order valence-electron chi connectivity index (χ0n) is 7.59. The van der Waals surface area contributed by atoms with Gasteiger partial charge in [0.2, 0.25) is 0 Å². The molecule has 0 heterocycles. The van der Waals surface area contributed by atoms with E-state index in [1.165, 1.54) is 0 Å². The van der Waals surface area contributed by atoms with Crippen molar-refractivity contribution in [3.8, 4) is 0 Å². The zero-order valence-corrected chi connectivity index (χ0v) is 7.59. The van der Waals surface area contributed by atoms with E-state index in [-0.39, 0.29) is 12.3 Å². The van der Waals surface area contributed by atoms with E-state index >= 15 is 0 Å². The van der Waals surface area contributed by atoms with Crippen LogP contribution in [-0.2, 0) is 9.59 Å². The van der Waals surface area contributed by atoms with Crippen LogP contribution >= 0.6 is 0 Å². The van der Waals surface area contributed by atoms with Crippen molar-refractivity contribution in [2.24, 2.45) is 0 Å². The van der Waals surface area contributed by atoms with Crippen molar-refractivity contribution in [3.05, 3.63) is 13.2 Å². The molecule has 0 saturated carbocycles. The normalized spacial score (nSPS) is 11.6.